The SMILES string of the molecule is CC[C@H]1OC(=O)[C@H](C)C(=O)[C@H](C)[C][C@](C)(OC)C[C@@H](C)C(=O)[C@H](C)[C@H]2N(CCN(C)Cc3ccc4ccccc4n3)C(=O)O[C@]12CC. The van der Waals surface area contributed by atoms with Gasteiger partial charge in [-0.25, -0.2) is 4.79 Å². The van der Waals surface area contributed by atoms with Crippen LogP contribution in [0.4, 0.5) is 4.79 Å². The fourth-order valence-corrected chi connectivity index (χ4v) is 7.46. The van der Waals surface area contributed by atoms with E-state index in [-0.39, 0.29) is 24.5 Å². The maximum Gasteiger partial charge on any atom is 0.410 e. The molecule has 2 saturated heterocycles. The largest absolute Gasteiger partial charge is 0.457 e. The summed E-state index contributed by atoms with van der Waals surface area (Å²) in [6, 6.07) is 11.3. The molecule has 0 bridgehead atoms. The highest BCUT2D eigenvalue weighted by Crippen LogP contribution is 2.44. The van der Waals surface area contributed by atoms with Gasteiger partial charge < -0.3 is 14.2 Å². The van der Waals surface area contributed by atoms with Crippen molar-refractivity contribution in [2.45, 2.75) is 97.6 Å². The van der Waals surface area contributed by atoms with E-state index in [1.165, 1.54) is 14.0 Å². The van der Waals surface area contributed by atoms with E-state index >= 15 is 0 Å². The number of aromatic nitrogens is 1. The van der Waals surface area contributed by atoms with Gasteiger partial charge in [0.25, 0.3) is 0 Å². The average Bonchev–Trinajstić information content (AvgIpc) is 3.35. The minimum atomic E-state index is -1.30. The van der Waals surface area contributed by atoms with Crippen LogP contribution in [0.25, 0.3) is 10.9 Å². The summed E-state index contributed by atoms with van der Waals surface area (Å²) in [5.74, 6) is -4.06. The Bertz CT molecular complexity index is 1460. The van der Waals surface area contributed by atoms with Gasteiger partial charge in [0.05, 0.1) is 22.9 Å². The van der Waals surface area contributed by atoms with Crippen molar-refractivity contribution in [2.24, 2.45) is 23.7 Å². The van der Waals surface area contributed by atoms with Crippen molar-refractivity contribution in [1.29, 1.82) is 0 Å². The van der Waals surface area contributed by atoms with Gasteiger partial charge in [0.1, 0.15) is 23.6 Å². The zero-order chi connectivity index (χ0) is 34.7. The molecular weight excluding hydrogens is 598 g/mol. The summed E-state index contributed by atoms with van der Waals surface area (Å²) >= 11 is 0. The van der Waals surface area contributed by atoms with E-state index in [4.69, 9.17) is 19.2 Å². The predicted octanol–water partition coefficient (Wildman–Crippen LogP) is 5.53. The lowest BCUT2D eigenvalue weighted by atomic mass is 9.72. The third-order valence-electron chi connectivity index (χ3n) is 10.2. The Hall–Kier alpha value is -3.37. The number of Topliss-reactive ketones (excluding diaryl/α,β-unsaturated/α-hetero) is 2. The topological polar surface area (TPSA) is 115 Å². The summed E-state index contributed by atoms with van der Waals surface area (Å²) in [6.45, 7) is 13.7. The Morgan fingerprint density at radius 1 is 1.04 bits per heavy atom. The van der Waals surface area contributed by atoms with E-state index < -0.39 is 59.1 Å². The van der Waals surface area contributed by atoms with E-state index in [1.807, 2.05) is 71.1 Å². The number of para-hydroxylation sites is 1. The van der Waals surface area contributed by atoms with Crippen LogP contribution in [0.3, 0.4) is 0 Å². The van der Waals surface area contributed by atoms with Gasteiger partial charge in [-0.15, -0.1) is 0 Å². The fourth-order valence-electron chi connectivity index (χ4n) is 7.46. The molecule has 2 radical (unpaired) electrons. The molecule has 0 unspecified atom stereocenters. The number of carbonyl (C=O) groups excluding carboxylic acids is 4. The maximum absolute atomic E-state index is 14.2. The summed E-state index contributed by atoms with van der Waals surface area (Å²) in [4.78, 5) is 63.4. The number of rotatable bonds is 8. The summed E-state index contributed by atoms with van der Waals surface area (Å²) in [6.07, 6.45) is 2.70. The average molecular weight is 650 g/mol. The molecule has 10 nitrogen and oxygen atoms in total. The zero-order valence-electron chi connectivity index (χ0n) is 29.4. The first-order valence-corrected chi connectivity index (χ1v) is 16.8. The van der Waals surface area contributed by atoms with Crippen molar-refractivity contribution in [2.75, 3.05) is 27.2 Å². The lowest BCUT2D eigenvalue weighted by Crippen LogP contribution is -2.59. The number of carbonyl (C=O) groups is 4. The Kier molecular flexibility index (Phi) is 11.5. The van der Waals surface area contributed by atoms with E-state index in [0.29, 0.717) is 25.9 Å². The molecular formula is C37H51N3O7. The van der Waals surface area contributed by atoms with Crippen molar-refractivity contribution in [3.05, 3.63) is 48.5 Å². The molecule has 2 aliphatic rings. The van der Waals surface area contributed by atoms with Gasteiger partial charge in [-0.1, -0.05) is 58.9 Å². The number of fused-ring (bicyclic) bond motifs is 2. The smallest absolute Gasteiger partial charge is 0.410 e. The summed E-state index contributed by atoms with van der Waals surface area (Å²) < 4.78 is 18.1. The molecule has 4 rings (SSSR count). The first kappa shape index (κ1) is 36.5. The number of cyclic esters (lactones) is 1. The monoisotopic (exact) mass is 649 g/mol. The van der Waals surface area contributed by atoms with Gasteiger partial charge in [-0.05, 0) is 52.3 Å². The lowest BCUT2D eigenvalue weighted by Gasteiger charge is -2.43. The van der Waals surface area contributed by atoms with Crippen LogP contribution in [-0.2, 0) is 35.1 Å². The summed E-state index contributed by atoms with van der Waals surface area (Å²) in [5, 5.41) is 1.07. The number of hydrogen-bond acceptors (Lipinski definition) is 9. The van der Waals surface area contributed by atoms with Gasteiger partial charge in [-0.2, -0.15) is 0 Å². The van der Waals surface area contributed by atoms with Gasteiger partial charge in [0.2, 0.25) is 0 Å². The zero-order valence-corrected chi connectivity index (χ0v) is 29.4. The normalized spacial score (nSPS) is 32.7. The number of benzene rings is 1. The molecule has 2 aromatic rings. The second-order valence-electron chi connectivity index (χ2n) is 13.6. The predicted molar refractivity (Wildman–Crippen MR) is 178 cm³/mol. The Labute approximate surface area is 279 Å². The van der Waals surface area contributed by atoms with Crippen LogP contribution >= 0.6 is 0 Å². The number of methoxy groups -OCH3 is 1. The van der Waals surface area contributed by atoms with Crippen LogP contribution < -0.4 is 0 Å². The van der Waals surface area contributed by atoms with E-state index in [1.54, 1.807) is 18.7 Å². The number of amides is 1. The molecule has 1 amide bonds. The van der Waals surface area contributed by atoms with E-state index in [2.05, 4.69) is 11.3 Å². The number of ketones is 2. The quantitative estimate of drug-likeness (QED) is 0.269. The molecule has 8 atom stereocenters. The molecule has 1 aromatic heterocycles. The Morgan fingerprint density at radius 2 is 1.74 bits per heavy atom. The van der Waals surface area contributed by atoms with Crippen LogP contribution in [0.1, 0.15) is 73.4 Å². The highest BCUT2D eigenvalue weighted by Gasteiger charge is 2.61. The third kappa shape index (κ3) is 7.54. The van der Waals surface area contributed by atoms with Crippen LogP contribution in [0, 0.1) is 30.1 Å². The Morgan fingerprint density at radius 3 is 2.40 bits per heavy atom. The molecule has 3 heterocycles. The van der Waals surface area contributed by atoms with Gasteiger partial charge in [0, 0.05) is 56.3 Å². The minimum absolute atomic E-state index is 0.0690. The number of nitrogens with zero attached hydrogens (tertiary/aromatic N) is 3. The number of hydrogen-bond donors (Lipinski definition) is 0. The molecule has 0 saturated carbocycles. The van der Waals surface area contributed by atoms with E-state index in [0.717, 1.165) is 16.6 Å². The highest BCUT2D eigenvalue weighted by molar-refractivity contribution is 6.00. The molecule has 0 N–H and O–H groups in total. The second-order valence-corrected chi connectivity index (χ2v) is 13.6. The van der Waals surface area contributed by atoms with Crippen LogP contribution in [0.2, 0.25) is 0 Å². The minimum Gasteiger partial charge on any atom is -0.457 e. The molecule has 2 aliphatic heterocycles. The number of pyridine rings is 1. The van der Waals surface area contributed by atoms with Crippen molar-refractivity contribution in [3.8, 4) is 0 Å². The third-order valence-corrected chi connectivity index (χ3v) is 10.2. The molecule has 1 aromatic carbocycles. The summed E-state index contributed by atoms with van der Waals surface area (Å²) in [7, 11) is 3.48. The Balaban J connectivity index is 1.67. The van der Waals surface area contributed by atoms with Gasteiger partial charge in [-0.3, -0.25) is 29.2 Å². The highest BCUT2D eigenvalue weighted by atomic mass is 16.6. The molecule has 47 heavy (non-hydrogen) atoms. The van der Waals surface area contributed by atoms with E-state index in [9.17, 15) is 19.2 Å². The molecule has 0 spiro atoms. The second kappa shape index (κ2) is 14.8. The van der Waals surface area contributed by atoms with Crippen molar-refractivity contribution in [3.63, 3.8) is 0 Å². The molecule has 256 valence electrons. The number of ether oxygens (including phenoxy) is 3. The van der Waals surface area contributed by atoms with Crippen LogP contribution in [-0.4, -0.2) is 89.0 Å². The number of esters is 1. The molecule has 2 fully saturated rings. The van der Waals surface area contributed by atoms with Crippen molar-refractivity contribution in [1.82, 2.24) is 14.8 Å². The first-order valence-electron chi connectivity index (χ1n) is 16.8. The first-order chi connectivity index (χ1) is 22.2. The maximum atomic E-state index is 14.2. The molecule has 0 aliphatic carbocycles. The standard InChI is InChI=1S/C37H51N3O7/c1-10-30-37(11-2)33(25(5)31(41)23(3)20-36(7,45-9)21-24(4)32(42)26(6)34(43)46-30)40(35(44)47-37)19-18-39(8)22-28-17-16-27-14-12-13-15-29(27)38-28/h12-17,23-26,30,33H,10-11,18-20,22H2,1-9H3/t23-,24-,25+,26-,30-,33-,36-,37-/m1/s1. The lowest BCUT2D eigenvalue weighted by molar-refractivity contribution is -0.173. The van der Waals surface area contributed by atoms with Gasteiger partial charge in [0.15, 0.2) is 5.60 Å². The van der Waals surface area contributed by atoms with Crippen LogP contribution in [0.5, 0.6) is 0 Å². The summed E-state index contributed by atoms with van der Waals surface area (Å²) in [5.41, 5.74) is -0.497. The van der Waals surface area contributed by atoms with Crippen molar-refractivity contribution < 1.29 is 33.4 Å². The van der Waals surface area contributed by atoms with Gasteiger partial charge >= 0.3 is 12.1 Å². The fraction of sp³-hybridized carbons (Fsp3) is 0.622. The number of likely N-dealkylation sites (N-methyl/N-ethyl adjacent to an activating group) is 1. The van der Waals surface area contributed by atoms with Crippen LogP contribution in [0.15, 0.2) is 36.4 Å². The molecule has 10 heteroatoms. The van der Waals surface area contributed by atoms with Crippen molar-refractivity contribution >= 4 is 34.5 Å².